The van der Waals surface area contributed by atoms with Crippen LogP contribution < -0.4 is 15.8 Å². The monoisotopic (exact) mass is 390 g/mol. The molecule has 1 unspecified atom stereocenters. The van der Waals surface area contributed by atoms with Crippen LogP contribution in [0, 0.1) is 5.92 Å². The molecule has 0 saturated heterocycles. The predicted molar refractivity (Wildman–Crippen MR) is 113 cm³/mol. The van der Waals surface area contributed by atoms with Crippen LogP contribution in [0.2, 0.25) is 0 Å². The molecule has 1 amide bonds. The van der Waals surface area contributed by atoms with Crippen molar-refractivity contribution < 1.29 is 9.53 Å². The molecule has 1 heterocycles. The highest BCUT2D eigenvalue weighted by molar-refractivity contribution is 5.81. The van der Waals surface area contributed by atoms with Gasteiger partial charge in [-0.15, -0.1) is 0 Å². The normalized spacial score (nSPS) is 14.4. The number of aromatic nitrogens is 2. The van der Waals surface area contributed by atoms with Crippen LogP contribution in [0.3, 0.4) is 0 Å². The first kappa shape index (κ1) is 19.2. The van der Waals surface area contributed by atoms with E-state index in [2.05, 4.69) is 5.32 Å². The molecule has 1 aliphatic rings. The van der Waals surface area contributed by atoms with E-state index in [-0.39, 0.29) is 18.4 Å². The van der Waals surface area contributed by atoms with Gasteiger partial charge < -0.3 is 15.8 Å². The third-order valence-corrected chi connectivity index (χ3v) is 5.32. The molecular formula is C23H26N4O2. The zero-order chi connectivity index (χ0) is 20.2. The highest BCUT2D eigenvalue weighted by atomic mass is 16.5. The molecule has 1 aliphatic carbocycles. The Morgan fingerprint density at radius 1 is 1.21 bits per heavy atom. The Labute approximate surface area is 170 Å². The van der Waals surface area contributed by atoms with E-state index in [1.165, 1.54) is 0 Å². The second kappa shape index (κ2) is 8.49. The Bertz CT molecular complexity index is 962. The lowest BCUT2D eigenvalue weighted by Gasteiger charge is -2.15. The number of nitrogens with zero attached hydrogens (tertiary/aromatic N) is 2. The number of methoxy groups -OCH3 is 1. The molecule has 0 spiro atoms. The maximum Gasteiger partial charge on any atom is 0.224 e. The van der Waals surface area contributed by atoms with Gasteiger partial charge in [0, 0.05) is 29.9 Å². The molecule has 6 nitrogen and oxygen atoms in total. The Hall–Kier alpha value is -3.12. The summed E-state index contributed by atoms with van der Waals surface area (Å²) in [6, 6.07) is 17.7. The maximum atomic E-state index is 12.7. The van der Waals surface area contributed by atoms with Crippen molar-refractivity contribution in [2.75, 3.05) is 13.7 Å². The van der Waals surface area contributed by atoms with Crippen LogP contribution in [-0.2, 0) is 11.2 Å². The number of ether oxygens (including phenoxy) is 1. The first-order valence-corrected chi connectivity index (χ1v) is 9.95. The number of carbonyl (C=O) groups excluding carboxylic acids is 1. The quantitative estimate of drug-likeness (QED) is 0.620. The van der Waals surface area contributed by atoms with Crippen molar-refractivity contribution in [3.8, 4) is 22.7 Å². The van der Waals surface area contributed by atoms with Crippen molar-refractivity contribution in [3.05, 3.63) is 66.4 Å². The number of para-hydroxylation sites is 1. The Kier molecular flexibility index (Phi) is 5.62. The van der Waals surface area contributed by atoms with Gasteiger partial charge in [0.15, 0.2) is 0 Å². The number of rotatable bonds is 8. The molecule has 1 aromatic heterocycles. The molecule has 1 fully saturated rings. The van der Waals surface area contributed by atoms with Gasteiger partial charge in [0.05, 0.1) is 24.9 Å². The first-order valence-electron chi connectivity index (χ1n) is 9.95. The third kappa shape index (κ3) is 4.49. The standard InChI is InChI=1S/C23H26N4O2/c1-29-20-11-9-17(10-12-20)23-18(13-22(28)25-21(14-24)16-7-8-16)15-27(26-23)19-5-3-2-4-6-19/h2-6,9-12,15-16,21H,7-8,13-14,24H2,1H3,(H,25,28). The van der Waals surface area contributed by atoms with Crippen LogP contribution in [0.4, 0.5) is 0 Å². The molecule has 1 atom stereocenters. The third-order valence-electron chi connectivity index (χ3n) is 5.32. The summed E-state index contributed by atoms with van der Waals surface area (Å²) in [5.74, 6) is 1.29. The Morgan fingerprint density at radius 2 is 1.93 bits per heavy atom. The summed E-state index contributed by atoms with van der Waals surface area (Å²) in [7, 11) is 1.64. The molecule has 0 bridgehead atoms. The van der Waals surface area contributed by atoms with Crippen LogP contribution in [-0.4, -0.2) is 35.4 Å². The predicted octanol–water partition coefficient (Wildman–Crippen LogP) is 2.94. The largest absolute Gasteiger partial charge is 0.497 e. The van der Waals surface area contributed by atoms with Gasteiger partial charge in [0.1, 0.15) is 5.75 Å². The average molecular weight is 390 g/mol. The second-order valence-electron chi connectivity index (χ2n) is 7.44. The topological polar surface area (TPSA) is 82.2 Å². The van der Waals surface area contributed by atoms with E-state index in [0.29, 0.717) is 12.5 Å². The Balaban J connectivity index is 1.63. The lowest BCUT2D eigenvalue weighted by Crippen LogP contribution is -2.42. The molecule has 0 radical (unpaired) electrons. The minimum absolute atomic E-state index is 0.0188. The van der Waals surface area contributed by atoms with E-state index in [9.17, 15) is 4.79 Å². The molecule has 3 N–H and O–H groups in total. The summed E-state index contributed by atoms with van der Waals surface area (Å²) in [5, 5.41) is 7.88. The minimum atomic E-state index is -0.0188. The number of hydrogen-bond donors (Lipinski definition) is 2. The number of nitrogens with one attached hydrogen (secondary N) is 1. The maximum absolute atomic E-state index is 12.7. The number of amides is 1. The van der Waals surface area contributed by atoms with Crippen molar-refractivity contribution >= 4 is 5.91 Å². The van der Waals surface area contributed by atoms with Gasteiger partial charge in [0.25, 0.3) is 0 Å². The van der Waals surface area contributed by atoms with Gasteiger partial charge in [0.2, 0.25) is 5.91 Å². The fraction of sp³-hybridized carbons (Fsp3) is 0.304. The summed E-state index contributed by atoms with van der Waals surface area (Å²) in [6.45, 7) is 0.477. The highest BCUT2D eigenvalue weighted by Crippen LogP contribution is 2.32. The average Bonchev–Trinajstić information content (AvgIpc) is 3.53. The number of hydrogen-bond acceptors (Lipinski definition) is 4. The zero-order valence-corrected chi connectivity index (χ0v) is 16.5. The van der Waals surface area contributed by atoms with E-state index in [1.54, 1.807) is 7.11 Å². The fourth-order valence-electron chi connectivity index (χ4n) is 3.54. The highest BCUT2D eigenvalue weighted by Gasteiger charge is 2.31. The van der Waals surface area contributed by atoms with E-state index in [0.717, 1.165) is 41.1 Å². The van der Waals surface area contributed by atoms with Gasteiger partial charge in [-0.2, -0.15) is 5.10 Å². The van der Waals surface area contributed by atoms with Crippen molar-refractivity contribution in [1.29, 1.82) is 0 Å². The summed E-state index contributed by atoms with van der Waals surface area (Å²) in [4.78, 5) is 12.7. The smallest absolute Gasteiger partial charge is 0.224 e. The van der Waals surface area contributed by atoms with E-state index in [4.69, 9.17) is 15.6 Å². The minimum Gasteiger partial charge on any atom is -0.497 e. The molecule has 150 valence electrons. The first-order chi connectivity index (χ1) is 14.2. The van der Waals surface area contributed by atoms with Gasteiger partial charge in [-0.25, -0.2) is 4.68 Å². The molecule has 3 aromatic rings. The molecule has 4 rings (SSSR count). The number of benzene rings is 2. The number of carbonyl (C=O) groups is 1. The van der Waals surface area contributed by atoms with Crippen LogP contribution in [0.1, 0.15) is 18.4 Å². The lowest BCUT2D eigenvalue weighted by molar-refractivity contribution is -0.121. The second-order valence-corrected chi connectivity index (χ2v) is 7.44. The molecule has 6 heteroatoms. The van der Waals surface area contributed by atoms with Crippen LogP contribution >= 0.6 is 0 Å². The fourth-order valence-corrected chi connectivity index (χ4v) is 3.54. The lowest BCUT2D eigenvalue weighted by atomic mass is 10.1. The van der Waals surface area contributed by atoms with Crippen LogP contribution in [0.25, 0.3) is 16.9 Å². The SMILES string of the molecule is COc1ccc(-c2nn(-c3ccccc3)cc2CC(=O)NC(CN)C2CC2)cc1. The summed E-state index contributed by atoms with van der Waals surface area (Å²) in [5.41, 5.74) is 9.41. The molecule has 29 heavy (non-hydrogen) atoms. The molecule has 1 saturated carbocycles. The van der Waals surface area contributed by atoms with Gasteiger partial charge in [-0.1, -0.05) is 18.2 Å². The van der Waals surface area contributed by atoms with Crippen molar-refractivity contribution in [2.24, 2.45) is 11.7 Å². The Morgan fingerprint density at radius 3 is 2.55 bits per heavy atom. The molecule has 0 aliphatic heterocycles. The van der Waals surface area contributed by atoms with Gasteiger partial charge in [-0.05, 0) is 55.2 Å². The summed E-state index contributed by atoms with van der Waals surface area (Å²) >= 11 is 0. The summed E-state index contributed by atoms with van der Waals surface area (Å²) < 4.78 is 7.08. The molecule has 2 aromatic carbocycles. The van der Waals surface area contributed by atoms with Crippen LogP contribution in [0.15, 0.2) is 60.8 Å². The van der Waals surface area contributed by atoms with Crippen molar-refractivity contribution in [1.82, 2.24) is 15.1 Å². The van der Waals surface area contributed by atoms with E-state index < -0.39 is 0 Å². The zero-order valence-electron chi connectivity index (χ0n) is 16.5. The van der Waals surface area contributed by atoms with Gasteiger partial charge >= 0.3 is 0 Å². The van der Waals surface area contributed by atoms with Gasteiger partial charge in [-0.3, -0.25) is 4.79 Å². The van der Waals surface area contributed by atoms with Crippen molar-refractivity contribution in [3.63, 3.8) is 0 Å². The number of nitrogens with two attached hydrogens (primary N) is 1. The van der Waals surface area contributed by atoms with Crippen molar-refractivity contribution in [2.45, 2.75) is 25.3 Å². The summed E-state index contributed by atoms with van der Waals surface area (Å²) in [6.07, 6.45) is 4.48. The van der Waals surface area contributed by atoms with E-state index >= 15 is 0 Å². The van der Waals surface area contributed by atoms with E-state index in [1.807, 2.05) is 65.5 Å². The molecular weight excluding hydrogens is 364 g/mol. The van der Waals surface area contributed by atoms with Crippen LogP contribution in [0.5, 0.6) is 5.75 Å².